The zero-order valence-corrected chi connectivity index (χ0v) is 6.93. The highest BCUT2D eigenvalue weighted by molar-refractivity contribution is 5.72. The number of cyclic esters (lactones) is 1. The van der Waals surface area contributed by atoms with Crippen molar-refractivity contribution in [3.8, 4) is 0 Å². The second kappa shape index (κ2) is 4.34. The summed E-state index contributed by atoms with van der Waals surface area (Å²) in [5, 5.41) is 3.02. The second-order valence-corrected chi connectivity index (χ2v) is 2.88. The van der Waals surface area contributed by atoms with E-state index >= 15 is 0 Å². The van der Waals surface area contributed by atoms with E-state index in [1.807, 2.05) is 0 Å². The Morgan fingerprint density at radius 3 is 3.18 bits per heavy atom. The number of morpholine rings is 1. The van der Waals surface area contributed by atoms with Crippen molar-refractivity contribution in [3.63, 3.8) is 0 Å². The van der Waals surface area contributed by atoms with E-state index in [1.165, 1.54) is 0 Å². The predicted molar refractivity (Wildman–Crippen MR) is 42.3 cm³/mol. The topological polar surface area (TPSA) is 38.3 Å². The van der Waals surface area contributed by atoms with Crippen LogP contribution < -0.4 is 5.32 Å². The average Bonchev–Trinajstić information content (AvgIpc) is 2.01. The molecule has 11 heavy (non-hydrogen) atoms. The third-order valence-corrected chi connectivity index (χ3v) is 1.82. The molecule has 1 aliphatic heterocycles. The van der Waals surface area contributed by atoms with Crippen molar-refractivity contribution in [2.24, 2.45) is 0 Å². The standard InChI is InChI=1S/C8H15NO2/c1-2-3-4-7-5-9-6-8(10)11-7/h7,9H,2-6H2,1H3/t7-/m0/s1. The van der Waals surface area contributed by atoms with Crippen LogP contribution in [0.25, 0.3) is 0 Å². The Balaban J connectivity index is 2.17. The smallest absolute Gasteiger partial charge is 0.320 e. The van der Waals surface area contributed by atoms with Gasteiger partial charge < -0.3 is 10.1 Å². The molecular weight excluding hydrogens is 142 g/mol. The monoisotopic (exact) mass is 157 g/mol. The molecule has 0 bridgehead atoms. The highest BCUT2D eigenvalue weighted by Crippen LogP contribution is 2.06. The first-order valence-corrected chi connectivity index (χ1v) is 4.23. The van der Waals surface area contributed by atoms with Crippen LogP contribution in [0.3, 0.4) is 0 Å². The van der Waals surface area contributed by atoms with Gasteiger partial charge in [0, 0.05) is 6.54 Å². The Kier molecular flexibility index (Phi) is 3.36. The number of carbonyl (C=O) groups is 1. The summed E-state index contributed by atoms with van der Waals surface area (Å²) in [4.78, 5) is 10.8. The second-order valence-electron chi connectivity index (χ2n) is 2.88. The van der Waals surface area contributed by atoms with Crippen molar-refractivity contribution < 1.29 is 9.53 Å². The molecule has 0 aromatic carbocycles. The highest BCUT2D eigenvalue weighted by Gasteiger charge is 2.18. The van der Waals surface area contributed by atoms with E-state index < -0.39 is 0 Å². The summed E-state index contributed by atoms with van der Waals surface area (Å²) in [7, 11) is 0. The number of hydrogen-bond acceptors (Lipinski definition) is 3. The molecule has 1 saturated heterocycles. The van der Waals surface area contributed by atoms with E-state index in [-0.39, 0.29) is 12.1 Å². The Hall–Kier alpha value is -0.570. The lowest BCUT2D eigenvalue weighted by molar-refractivity contribution is -0.151. The summed E-state index contributed by atoms with van der Waals surface area (Å²) in [5.74, 6) is -0.114. The molecule has 0 aliphatic carbocycles. The molecular formula is C8H15NO2. The first-order chi connectivity index (χ1) is 5.33. The van der Waals surface area contributed by atoms with E-state index in [0.29, 0.717) is 6.54 Å². The molecule has 0 aromatic rings. The fourth-order valence-corrected chi connectivity index (χ4v) is 1.20. The van der Waals surface area contributed by atoms with Crippen LogP contribution in [0.5, 0.6) is 0 Å². The van der Waals surface area contributed by atoms with Crippen molar-refractivity contribution in [1.29, 1.82) is 0 Å². The van der Waals surface area contributed by atoms with E-state index in [0.717, 1.165) is 25.8 Å². The Bertz CT molecular complexity index is 136. The quantitative estimate of drug-likeness (QED) is 0.612. The molecule has 1 heterocycles. The summed E-state index contributed by atoms with van der Waals surface area (Å²) in [6.07, 6.45) is 3.42. The van der Waals surface area contributed by atoms with Gasteiger partial charge in [-0.2, -0.15) is 0 Å². The van der Waals surface area contributed by atoms with Crippen LogP contribution in [0.2, 0.25) is 0 Å². The Morgan fingerprint density at radius 1 is 1.73 bits per heavy atom. The van der Waals surface area contributed by atoms with Gasteiger partial charge >= 0.3 is 5.97 Å². The largest absolute Gasteiger partial charge is 0.460 e. The minimum Gasteiger partial charge on any atom is -0.460 e. The number of ether oxygens (including phenoxy) is 1. The molecule has 0 saturated carbocycles. The minimum absolute atomic E-state index is 0.114. The fraction of sp³-hybridized carbons (Fsp3) is 0.875. The lowest BCUT2D eigenvalue weighted by atomic mass is 10.1. The Labute approximate surface area is 67.1 Å². The highest BCUT2D eigenvalue weighted by atomic mass is 16.5. The van der Waals surface area contributed by atoms with Crippen molar-refractivity contribution in [1.82, 2.24) is 5.32 Å². The molecule has 0 amide bonds. The summed E-state index contributed by atoms with van der Waals surface area (Å²) < 4.78 is 5.09. The maximum atomic E-state index is 10.8. The first-order valence-electron chi connectivity index (χ1n) is 4.23. The summed E-state index contributed by atoms with van der Waals surface area (Å²) >= 11 is 0. The molecule has 3 heteroatoms. The lowest BCUT2D eigenvalue weighted by Crippen LogP contribution is -2.41. The van der Waals surface area contributed by atoms with Crippen LogP contribution in [0.4, 0.5) is 0 Å². The van der Waals surface area contributed by atoms with E-state index in [2.05, 4.69) is 12.2 Å². The van der Waals surface area contributed by atoms with Gasteiger partial charge in [0.05, 0.1) is 6.54 Å². The number of nitrogens with one attached hydrogen (secondary N) is 1. The van der Waals surface area contributed by atoms with Gasteiger partial charge in [0.25, 0.3) is 0 Å². The molecule has 1 fully saturated rings. The van der Waals surface area contributed by atoms with Gasteiger partial charge in [0.2, 0.25) is 0 Å². The van der Waals surface area contributed by atoms with Gasteiger partial charge in [-0.3, -0.25) is 4.79 Å². The van der Waals surface area contributed by atoms with Crippen LogP contribution >= 0.6 is 0 Å². The minimum atomic E-state index is -0.114. The Morgan fingerprint density at radius 2 is 2.55 bits per heavy atom. The number of esters is 1. The summed E-state index contributed by atoms with van der Waals surface area (Å²) in [6, 6.07) is 0. The van der Waals surface area contributed by atoms with Crippen LogP contribution in [-0.4, -0.2) is 25.2 Å². The van der Waals surface area contributed by atoms with E-state index in [9.17, 15) is 4.79 Å². The van der Waals surface area contributed by atoms with Gasteiger partial charge in [0.15, 0.2) is 0 Å². The number of hydrogen-bond donors (Lipinski definition) is 1. The number of unbranched alkanes of at least 4 members (excludes halogenated alkanes) is 1. The van der Waals surface area contributed by atoms with E-state index in [1.54, 1.807) is 0 Å². The van der Waals surface area contributed by atoms with Crippen LogP contribution in [0, 0.1) is 0 Å². The zero-order chi connectivity index (χ0) is 8.10. The predicted octanol–water partition coefficient (Wildman–Crippen LogP) is 0.692. The van der Waals surface area contributed by atoms with Crippen LogP contribution in [0.15, 0.2) is 0 Å². The molecule has 1 N–H and O–H groups in total. The molecule has 0 unspecified atom stereocenters. The lowest BCUT2D eigenvalue weighted by Gasteiger charge is -2.22. The van der Waals surface area contributed by atoms with Gasteiger partial charge in [-0.25, -0.2) is 0 Å². The molecule has 3 nitrogen and oxygen atoms in total. The number of rotatable bonds is 3. The van der Waals surface area contributed by atoms with Crippen molar-refractivity contribution in [3.05, 3.63) is 0 Å². The average molecular weight is 157 g/mol. The van der Waals surface area contributed by atoms with Gasteiger partial charge in [0.1, 0.15) is 6.10 Å². The van der Waals surface area contributed by atoms with Crippen LogP contribution in [0.1, 0.15) is 26.2 Å². The third kappa shape index (κ3) is 2.89. The third-order valence-electron chi connectivity index (χ3n) is 1.82. The summed E-state index contributed by atoms with van der Waals surface area (Å²) in [6.45, 7) is 3.34. The normalized spacial score (nSPS) is 24.8. The number of carbonyl (C=O) groups excluding carboxylic acids is 1. The molecule has 64 valence electrons. The molecule has 1 atom stereocenters. The SMILES string of the molecule is CCCC[C@H]1CNCC(=O)O1. The fourth-order valence-electron chi connectivity index (χ4n) is 1.20. The van der Waals surface area contributed by atoms with Gasteiger partial charge in [-0.05, 0) is 12.8 Å². The summed E-state index contributed by atoms with van der Waals surface area (Å²) in [5.41, 5.74) is 0. The maximum Gasteiger partial charge on any atom is 0.320 e. The van der Waals surface area contributed by atoms with Crippen molar-refractivity contribution in [2.75, 3.05) is 13.1 Å². The van der Waals surface area contributed by atoms with Crippen LogP contribution in [-0.2, 0) is 9.53 Å². The molecule has 0 radical (unpaired) electrons. The molecule has 0 spiro atoms. The molecule has 1 aliphatic rings. The van der Waals surface area contributed by atoms with Gasteiger partial charge in [-0.1, -0.05) is 13.3 Å². The zero-order valence-electron chi connectivity index (χ0n) is 6.93. The van der Waals surface area contributed by atoms with Crippen molar-refractivity contribution in [2.45, 2.75) is 32.3 Å². The van der Waals surface area contributed by atoms with E-state index in [4.69, 9.17) is 4.74 Å². The van der Waals surface area contributed by atoms with Gasteiger partial charge in [-0.15, -0.1) is 0 Å². The van der Waals surface area contributed by atoms with Crippen molar-refractivity contribution >= 4 is 5.97 Å². The molecule has 0 aromatic heterocycles. The maximum absolute atomic E-state index is 10.8. The molecule has 1 rings (SSSR count). The first kappa shape index (κ1) is 8.53.